The van der Waals surface area contributed by atoms with Crippen molar-refractivity contribution < 1.29 is 13.2 Å². The van der Waals surface area contributed by atoms with E-state index in [4.69, 9.17) is 0 Å². The van der Waals surface area contributed by atoms with Gasteiger partial charge in [-0.1, -0.05) is 0 Å². The van der Waals surface area contributed by atoms with Crippen molar-refractivity contribution in [3.63, 3.8) is 0 Å². The monoisotopic (exact) mass is 192 g/mol. The lowest BCUT2D eigenvalue weighted by atomic mass is 10.3. The summed E-state index contributed by atoms with van der Waals surface area (Å²) in [5.74, 6) is 0.00998. The smallest absolute Gasteiger partial charge is 0.219 e. The van der Waals surface area contributed by atoms with Gasteiger partial charge in [-0.25, -0.2) is 12.7 Å². The van der Waals surface area contributed by atoms with Crippen LogP contribution in [-0.4, -0.2) is 49.7 Å². The largest absolute Gasteiger partial charge is 0.340 e. The van der Waals surface area contributed by atoms with Gasteiger partial charge in [0, 0.05) is 33.1 Å². The second-order valence-corrected chi connectivity index (χ2v) is 3.74. The van der Waals surface area contributed by atoms with E-state index in [1.807, 2.05) is 0 Å². The average molecular weight is 192 g/mol. The molecule has 1 aliphatic heterocycles. The molecule has 1 fully saturated rings. The molecule has 1 aliphatic rings. The van der Waals surface area contributed by atoms with E-state index in [1.54, 1.807) is 4.90 Å². The molecule has 0 aromatic rings. The van der Waals surface area contributed by atoms with E-state index in [1.165, 1.54) is 11.2 Å². The highest BCUT2D eigenvalue weighted by Crippen LogP contribution is 2.00. The number of nitrogens with zero attached hydrogens (tertiary/aromatic N) is 2. The summed E-state index contributed by atoms with van der Waals surface area (Å²) in [5.41, 5.74) is 0. The van der Waals surface area contributed by atoms with Gasteiger partial charge in [-0.3, -0.25) is 4.79 Å². The van der Waals surface area contributed by atoms with Crippen molar-refractivity contribution in [2.75, 3.05) is 26.2 Å². The average Bonchev–Trinajstić information content (AvgIpc) is 2.04. The van der Waals surface area contributed by atoms with Gasteiger partial charge >= 0.3 is 0 Å². The molecule has 0 aromatic heterocycles. The van der Waals surface area contributed by atoms with Crippen LogP contribution in [0.2, 0.25) is 0 Å². The third kappa shape index (κ3) is 2.18. The predicted octanol–water partition coefficient (Wildman–Crippen LogP) is -1.32. The number of carbonyl (C=O) groups is 1. The lowest BCUT2D eigenvalue weighted by molar-refractivity contribution is -0.129. The third-order valence-corrected chi connectivity index (χ3v) is 2.79. The minimum Gasteiger partial charge on any atom is -0.340 e. The molecule has 0 aliphatic carbocycles. The Morgan fingerprint density at radius 3 is 2.00 bits per heavy atom. The Hall–Kier alpha value is -0.620. The normalized spacial score (nSPS) is 20.0. The van der Waals surface area contributed by atoms with Crippen molar-refractivity contribution in [2.45, 2.75) is 6.92 Å². The molecule has 5 nitrogen and oxygen atoms in total. The van der Waals surface area contributed by atoms with E-state index < -0.39 is 10.9 Å². The molecule has 1 amide bonds. The fraction of sp³-hybridized carbons (Fsp3) is 0.833. The Kier molecular flexibility index (Phi) is 3.05. The maximum atomic E-state index is 10.8. The van der Waals surface area contributed by atoms with Gasteiger partial charge in [-0.05, 0) is 0 Å². The molecule has 1 saturated heterocycles. The number of carbonyl (C=O) groups excluding carboxylic acids is 1. The summed E-state index contributed by atoms with van der Waals surface area (Å²) in [6.45, 7) is 3.38. The molecule has 0 saturated carbocycles. The van der Waals surface area contributed by atoms with Gasteiger partial charge in [0.25, 0.3) is 0 Å². The van der Waals surface area contributed by atoms with Crippen molar-refractivity contribution in [1.82, 2.24) is 9.21 Å². The molecule has 0 N–H and O–H groups in total. The Morgan fingerprint density at radius 2 is 1.67 bits per heavy atom. The number of hydrogen-bond acceptors (Lipinski definition) is 3. The first-order valence-electron chi connectivity index (χ1n) is 3.76. The first-order valence-corrected chi connectivity index (χ1v) is 4.89. The molecule has 1 heterocycles. The highest BCUT2D eigenvalue weighted by Gasteiger charge is 2.19. The summed E-state index contributed by atoms with van der Waals surface area (Å²) in [6, 6.07) is 0. The van der Waals surface area contributed by atoms with Gasteiger partial charge < -0.3 is 4.90 Å². The fourth-order valence-electron chi connectivity index (χ4n) is 1.17. The summed E-state index contributed by atoms with van der Waals surface area (Å²) in [6.07, 6.45) is 0. The maximum Gasteiger partial charge on any atom is 0.219 e. The topological polar surface area (TPSA) is 57.7 Å². The quantitative estimate of drug-likeness (QED) is 0.524. The Balaban J connectivity index is 2.44. The standard InChI is InChI=1S/C6H12N2O3S/c1-6(9)7-2-4-8(5-3-7)12(10)11/h12H,2-5H2,1H3. The van der Waals surface area contributed by atoms with Crippen molar-refractivity contribution in [1.29, 1.82) is 0 Å². The molecule has 0 bridgehead atoms. The molecule has 70 valence electrons. The first kappa shape index (κ1) is 9.47. The SMILES string of the molecule is CC(=O)N1CCN([SH](=O)=O)CC1. The van der Waals surface area contributed by atoms with Crippen LogP contribution in [-0.2, 0) is 15.7 Å². The van der Waals surface area contributed by atoms with Crippen LogP contribution in [0.3, 0.4) is 0 Å². The van der Waals surface area contributed by atoms with Crippen LogP contribution < -0.4 is 0 Å². The Labute approximate surface area is 73.0 Å². The zero-order valence-corrected chi connectivity index (χ0v) is 7.79. The maximum absolute atomic E-state index is 10.8. The van der Waals surface area contributed by atoms with E-state index in [9.17, 15) is 13.2 Å². The molecule has 0 radical (unpaired) electrons. The summed E-state index contributed by atoms with van der Waals surface area (Å²) in [7, 11) is -2.46. The van der Waals surface area contributed by atoms with Crippen molar-refractivity contribution in [2.24, 2.45) is 0 Å². The van der Waals surface area contributed by atoms with E-state index in [0.717, 1.165) is 0 Å². The van der Waals surface area contributed by atoms with Crippen LogP contribution in [0.4, 0.5) is 0 Å². The van der Waals surface area contributed by atoms with Crippen LogP contribution >= 0.6 is 0 Å². The number of thiol groups is 1. The molecule has 0 unspecified atom stereocenters. The zero-order chi connectivity index (χ0) is 9.14. The number of amides is 1. The van der Waals surface area contributed by atoms with E-state index >= 15 is 0 Å². The minimum absolute atomic E-state index is 0.00998. The van der Waals surface area contributed by atoms with E-state index in [2.05, 4.69) is 0 Å². The van der Waals surface area contributed by atoms with Crippen LogP contribution in [0, 0.1) is 0 Å². The lowest BCUT2D eigenvalue weighted by Crippen LogP contribution is -2.47. The Morgan fingerprint density at radius 1 is 1.17 bits per heavy atom. The molecule has 12 heavy (non-hydrogen) atoms. The summed E-state index contributed by atoms with van der Waals surface area (Å²) in [4.78, 5) is 12.5. The highest BCUT2D eigenvalue weighted by molar-refractivity contribution is 7.69. The molecular weight excluding hydrogens is 180 g/mol. The van der Waals surface area contributed by atoms with Gasteiger partial charge in [0.05, 0.1) is 0 Å². The highest BCUT2D eigenvalue weighted by atomic mass is 32.2. The van der Waals surface area contributed by atoms with Gasteiger partial charge in [0.1, 0.15) is 0 Å². The van der Waals surface area contributed by atoms with Crippen LogP contribution in [0.5, 0.6) is 0 Å². The summed E-state index contributed by atoms with van der Waals surface area (Å²) < 4.78 is 22.3. The van der Waals surface area contributed by atoms with Crippen LogP contribution in [0.1, 0.15) is 6.92 Å². The second-order valence-electron chi connectivity index (χ2n) is 2.70. The van der Waals surface area contributed by atoms with Gasteiger partial charge in [-0.15, -0.1) is 0 Å². The number of rotatable bonds is 1. The molecule has 1 rings (SSSR count). The van der Waals surface area contributed by atoms with E-state index in [-0.39, 0.29) is 5.91 Å². The van der Waals surface area contributed by atoms with Crippen LogP contribution in [0.25, 0.3) is 0 Å². The van der Waals surface area contributed by atoms with Crippen molar-refractivity contribution in [3.8, 4) is 0 Å². The predicted molar refractivity (Wildman–Crippen MR) is 44.1 cm³/mol. The Bertz CT molecular complexity index is 235. The van der Waals surface area contributed by atoms with Gasteiger partial charge in [0.2, 0.25) is 16.8 Å². The molecule has 0 aromatic carbocycles. The second kappa shape index (κ2) is 3.86. The van der Waals surface area contributed by atoms with Crippen molar-refractivity contribution in [3.05, 3.63) is 0 Å². The molecule has 0 atom stereocenters. The fourth-order valence-corrected chi connectivity index (χ4v) is 1.68. The van der Waals surface area contributed by atoms with Gasteiger partial charge in [-0.2, -0.15) is 0 Å². The first-order chi connectivity index (χ1) is 5.61. The van der Waals surface area contributed by atoms with Gasteiger partial charge in [0.15, 0.2) is 0 Å². The van der Waals surface area contributed by atoms with E-state index in [0.29, 0.717) is 26.2 Å². The number of hydrogen-bond donors (Lipinski definition) is 1. The van der Waals surface area contributed by atoms with Crippen LogP contribution in [0.15, 0.2) is 0 Å². The summed E-state index contributed by atoms with van der Waals surface area (Å²) in [5, 5.41) is 0. The summed E-state index contributed by atoms with van der Waals surface area (Å²) >= 11 is 0. The minimum atomic E-state index is -2.46. The van der Waals surface area contributed by atoms with Crippen molar-refractivity contribution >= 4 is 16.8 Å². The molecule has 0 spiro atoms. The number of piperazine rings is 1. The molecular formula is C6H12N2O3S. The zero-order valence-electron chi connectivity index (χ0n) is 6.89. The third-order valence-electron chi connectivity index (χ3n) is 1.93. The lowest BCUT2D eigenvalue weighted by Gasteiger charge is -2.30. The molecule has 6 heteroatoms.